The Labute approximate surface area is 129 Å². The molecule has 3 N–H and O–H groups in total. The van der Waals surface area contributed by atoms with E-state index in [4.69, 9.17) is 0 Å². The molecule has 2 rings (SSSR count). The second-order valence-corrected chi connectivity index (χ2v) is 4.73. The van der Waals surface area contributed by atoms with Crippen LogP contribution in [-0.4, -0.2) is 23.3 Å². The van der Waals surface area contributed by atoms with Gasteiger partial charge in [0.05, 0.1) is 12.2 Å². The molecule has 6 heteroatoms. The molecule has 0 bridgehead atoms. The van der Waals surface area contributed by atoms with Crippen LogP contribution < -0.4 is 16.0 Å². The Morgan fingerprint density at radius 2 is 1.68 bits per heavy atom. The molecule has 114 valence electrons. The molecule has 1 aromatic heterocycles. The number of rotatable bonds is 6. The molecular formula is C16H18N4O2. The van der Waals surface area contributed by atoms with Crippen molar-refractivity contribution < 1.29 is 9.59 Å². The van der Waals surface area contributed by atoms with Crippen molar-refractivity contribution >= 4 is 23.2 Å². The number of carbonyl (C=O) groups excluding carboxylic acids is 2. The van der Waals surface area contributed by atoms with Gasteiger partial charge < -0.3 is 16.0 Å². The number of benzene rings is 1. The minimum Gasteiger partial charge on any atom is -0.326 e. The first kappa shape index (κ1) is 15.7. The van der Waals surface area contributed by atoms with E-state index in [1.165, 1.54) is 6.92 Å². The number of hydrogen-bond acceptors (Lipinski definition) is 4. The van der Waals surface area contributed by atoms with Gasteiger partial charge in [0.15, 0.2) is 0 Å². The molecule has 0 spiro atoms. The van der Waals surface area contributed by atoms with E-state index in [0.717, 1.165) is 5.69 Å². The molecule has 0 radical (unpaired) electrons. The first-order chi connectivity index (χ1) is 10.6. The first-order valence-electron chi connectivity index (χ1n) is 6.91. The summed E-state index contributed by atoms with van der Waals surface area (Å²) in [6.45, 7) is 2.18. The summed E-state index contributed by atoms with van der Waals surface area (Å²) in [7, 11) is 0. The summed E-state index contributed by atoms with van der Waals surface area (Å²) in [5.74, 6) is -0.265. The quantitative estimate of drug-likeness (QED) is 0.759. The summed E-state index contributed by atoms with van der Waals surface area (Å²) >= 11 is 0. The molecule has 22 heavy (non-hydrogen) atoms. The van der Waals surface area contributed by atoms with Gasteiger partial charge in [-0.05, 0) is 36.4 Å². The molecule has 1 heterocycles. The van der Waals surface area contributed by atoms with Gasteiger partial charge >= 0.3 is 0 Å². The van der Waals surface area contributed by atoms with Crippen LogP contribution in [0.1, 0.15) is 12.6 Å². The molecule has 0 fully saturated rings. The van der Waals surface area contributed by atoms with Crippen LogP contribution >= 0.6 is 0 Å². The highest BCUT2D eigenvalue weighted by Crippen LogP contribution is 2.13. The third-order valence-electron chi connectivity index (χ3n) is 2.81. The van der Waals surface area contributed by atoms with Gasteiger partial charge in [-0.15, -0.1) is 0 Å². The molecule has 0 saturated heterocycles. The second kappa shape index (κ2) is 7.90. The van der Waals surface area contributed by atoms with E-state index >= 15 is 0 Å². The summed E-state index contributed by atoms with van der Waals surface area (Å²) in [6.07, 6.45) is 1.72. The molecule has 0 atom stereocenters. The van der Waals surface area contributed by atoms with Gasteiger partial charge in [0, 0.05) is 31.0 Å². The van der Waals surface area contributed by atoms with Crippen molar-refractivity contribution in [3.63, 3.8) is 0 Å². The lowest BCUT2D eigenvalue weighted by atomic mass is 10.2. The van der Waals surface area contributed by atoms with Gasteiger partial charge in [0.25, 0.3) is 0 Å². The molecular weight excluding hydrogens is 280 g/mol. The maximum absolute atomic E-state index is 11.8. The number of aromatic nitrogens is 1. The minimum atomic E-state index is -0.136. The van der Waals surface area contributed by atoms with Crippen molar-refractivity contribution in [2.45, 2.75) is 13.5 Å². The zero-order valence-electron chi connectivity index (χ0n) is 12.3. The van der Waals surface area contributed by atoms with E-state index in [1.54, 1.807) is 30.5 Å². The fourth-order valence-corrected chi connectivity index (χ4v) is 1.85. The average molecular weight is 298 g/mol. The lowest BCUT2D eigenvalue weighted by Crippen LogP contribution is -2.27. The fourth-order valence-electron chi connectivity index (χ4n) is 1.85. The third kappa shape index (κ3) is 5.34. The van der Waals surface area contributed by atoms with E-state index in [0.29, 0.717) is 17.9 Å². The van der Waals surface area contributed by atoms with Crippen LogP contribution in [0.25, 0.3) is 0 Å². The molecule has 2 amide bonds. The molecule has 0 saturated carbocycles. The number of nitrogens with zero attached hydrogens (tertiary/aromatic N) is 1. The lowest BCUT2D eigenvalue weighted by molar-refractivity contribution is -0.115. The van der Waals surface area contributed by atoms with E-state index < -0.39 is 0 Å². The predicted molar refractivity (Wildman–Crippen MR) is 85.3 cm³/mol. The maximum Gasteiger partial charge on any atom is 0.238 e. The predicted octanol–water partition coefficient (Wildman–Crippen LogP) is 1.77. The summed E-state index contributed by atoms with van der Waals surface area (Å²) in [5.41, 5.74) is 2.26. The lowest BCUT2D eigenvalue weighted by Gasteiger charge is -2.08. The number of hydrogen-bond donors (Lipinski definition) is 3. The zero-order chi connectivity index (χ0) is 15.8. The fraction of sp³-hybridized carbons (Fsp3) is 0.188. The van der Waals surface area contributed by atoms with Crippen LogP contribution in [0.5, 0.6) is 0 Å². The van der Waals surface area contributed by atoms with Crippen molar-refractivity contribution in [1.29, 1.82) is 0 Å². The highest BCUT2D eigenvalue weighted by molar-refractivity contribution is 5.93. The summed E-state index contributed by atoms with van der Waals surface area (Å²) in [6, 6.07) is 12.6. The Morgan fingerprint density at radius 1 is 1.00 bits per heavy atom. The van der Waals surface area contributed by atoms with Gasteiger partial charge in [-0.2, -0.15) is 0 Å². The largest absolute Gasteiger partial charge is 0.326 e. The Hall–Kier alpha value is -2.73. The number of carbonyl (C=O) groups is 2. The van der Waals surface area contributed by atoms with Gasteiger partial charge in [-0.25, -0.2) is 0 Å². The summed E-state index contributed by atoms with van der Waals surface area (Å²) in [5, 5.41) is 8.47. The van der Waals surface area contributed by atoms with E-state index in [9.17, 15) is 9.59 Å². The molecule has 0 aliphatic carbocycles. The van der Waals surface area contributed by atoms with Crippen molar-refractivity contribution in [3.05, 3.63) is 54.4 Å². The van der Waals surface area contributed by atoms with Crippen LogP contribution in [0.15, 0.2) is 48.7 Å². The molecule has 0 aliphatic rings. The minimum absolute atomic E-state index is 0.129. The number of pyridine rings is 1. The molecule has 6 nitrogen and oxygen atoms in total. The maximum atomic E-state index is 11.8. The standard InChI is InChI=1S/C16H18N4O2/c1-12(21)19-13-5-7-14(8-6-13)20-16(22)11-17-10-15-4-2-3-9-18-15/h2-9,17H,10-11H2,1H3,(H,19,21)(H,20,22). The SMILES string of the molecule is CC(=O)Nc1ccc(NC(=O)CNCc2ccccn2)cc1. The van der Waals surface area contributed by atoms with Crippen LogP contribution in [0.4, 0.5) is 11.4 Å². The van der Waals surface area contributed by atoms with Crippen LogP contribution in [0.3, 0.4) is 0 Å². The average Bonchev–Trinajstić information content (AvgIpc) is 2.50. The van der Waals surface area contributed by atoms with Gasteiger partial charge in [0.1, 0.15) is 0 Å². The van der Waals surface area contributed by atoms with Crippen LogP contribution in [-0.2, 0) is 16.1 Å². The van der Waals surface area contributed by atoms with Crippen LogP contribution in [0, 0.1) is 0 Å². The normalized spacial score (nSPS) is 10.0. The van der Waals surface area contributed by atoms with E-state index in [2.05, 4.69) is 20.9 Å². The van der Waals surface area contributed by atoms with Gasteiger partial charge in [-0.1, -0.05) is 6.07 Å². The molecule has 0 unspecified atom stereocenters. The van der Waals surface area contributed by atoms with Crippen molar-refractivity contribution in [3.8, 4) is 0 Å². The van der Waals surface area contributed by atoms with E-state index in [-0.39, 0.29) is 18.4 Å². The number of nitrogens with one attached hydrogen (secondary N) is 3. The second-order valence-electron chi connectivity index (χ2n) is 4.73. The summed E-state index contributed by atoms with van der Waals surface area (Å²) in [4.78, 5) is 26.9. The number of amides is 2. The number of anilines is 2. The van der Waals surface area contributed by atoms with Crippen molar-refractivity contribution in [2.24, 2.45) is 0 Å². The van der Waals surface area contributed by atoms with Crippen LogP contribution in [0.2, 0.25) is 0 Å². The van der Waals surface area contributed by atoms with Crippen molar-refractivity contribution in [1.82, 2.24) is 10.3 Å². The highest BCUT2D eigenvalue weighted by Gasteiger charge is 2.03. The van der Waals surface area contributed by atoms with Crippen molar-refractivity contribution in [2.75, 3.05) is 17.2 Å². The molecule has 0 aliphatic heterocycles. The topological polar surface area (TPSA) is 83.1 Å². The zero-order valence-corrected chi connectivity index (χ0v) is 12.3. The van der Waals surface area contributed by atoms with Gasteiger partial charge in [0.2, 0.25) is 11.8 Å². The molecule has 1 aromatic carbocycles. The monoisotopic (exact) mass is 298 g/mol. The Kier molecular flexibility index (Phi) is 5.62. The highest BCUT2D eigenvalue weighted by atomic mass is 16.2. The first-order valence-corrected chi connectivity index (χ1v) is 6.91. The van der Waals surface area contributed by atoms with Gasteiger partial charge in [-0.3, -0.25) is 14.6 Å². The molecule has 2 aromatic rings. The Morgan fingerprint density at radius 3 is 2.27 bits per heavy atom. The summed E-state index contributed by atoms with van der Waals surface area (Å²) < 4.78 is 0. The van der Waals surface area contributed by atoms with E-state index in [1.807, 2.05) is 18.2 Å². The Balaban J connectivity index is 1.75. The smallest absolute Gasteiger partial charge is 0.238 e. The third-order valence-corrected chi connectivity index (χ3v) is 2.81. The Bertz CT molecular complexity index is 626.